The van der Waals surface area contributed by atoms with Crippen LogP contribution in [0.1, 0.15) is 51.7 Å². The average Bonchev–Trinajstić information content (AvgIpc) is 3.62. The molecule has 9 heteroatoms. The number of guanidine groups is 1. The van der Waals surface area contributed by atoms with E-state index in [-0.39, 0.29) is 35.9 Å². The first kappa shape index (κ1) is 27.5. The molecule has 0 aromatic heterocycles. The maximum absolute atomic E-state index is 9.46. The Kier molecular flexibility index (Phi) is 7.40. The lowest BCUT2D eigenvalue weighted by atomic mass is 9.78. The van der Waals surface area contributed by atoms with Crippen molar-refractivity contribution in [2.75, 3.05) is 20.7 Å². The van der Waals surface area contributed by atoms with Gasteiger partial charge in [-0.1, -0.05) is 42.5 Å². The van der Waals surface area contributed by atoms with Gasteiger partial charge in [-0.05, 0) is 83.7 Å². The summed E-state index contributed by atoms with van der Waals surface area (Å²) in [5, 5.41) is 15.9. The minimum atomic E-state index is -0.364. The van der Waals surface area contributed by atoms with Crippen LogP contribution in [0.4, 0.5) is 0 Å². The third-order valence-electron chi connectivity index (χ3n) is 8.70. The molecular formula is C30H40BN5O3. The molecule has 2 aromatic rings. The van der Waals surface area contributed by atoms with Gasteiger partial charge in [0.05, 0.1) is 22.8 Å². The van der Waals surface area contributed by atoms with Crippen LogP contribution >= 0.6 is 0 Å². The van der Waals surface area contributed by atoms with E-state index in [2.05, 4.69) is 93.8 Å². The summed E-state index contributed by atoms with van der Waals surface area (Å²) in [6.07, 6.45) is 5.74. The van der Waals surface area contributed by atoms with E-state index in [0.717, 1.165) is 42.5 Å². The third-order valence-corrected chi connectivity index (χ3v) is 8.70. The van der Waals surface area contributed by atoms with Crippen molar-refractivity contribution >= 4 is 18.5 Å². The largest absolute Gasteiger partial charge is 0.494 e. The average molecular weight is 529 g/mol. The van der Waals surface area contributed by atoms with Crippen LogP contribution in [0.2, 0.25) is 0 Å². The fraction of sp³-hybridized carbons (Fsp3) is 0.533. The second-order valence-electron chi connectivity index (χ2n) is 12.3. The highest BCUT2D eigenvalue weighted by Crippen LogP contribution is 2.42. The predicted octanol–water partition coefficient (Wildman–Crippen LogP) is 3.01. The van der Waals surface area contributed by atoms with Crippen molar-refractivity contribution in [3.63, 3.8) is 0 Å². The first-order valence-corrected chi connectivity index (χ1v) is 13.8. The SMILES string of the molecule is CN(C)[C@@H](Cc1ccc(B2OC(C)(C)C(C)(C)O2)cc1)C1(NC(=N[C@H]2COc3ccccc3C2)NC#N)CC1. The maximum atomic E-state index is 9.46. The first-order chi connectivity index (χ1) is 18.5. The van der Waals surface area contributed by atoms with Crippen molar-refractivity contribution in [1.29, 1.82) is 5.26 Å². The molecule has 2 heterocycles. The molecule has 0 amide bonds. The highest BCUT2D eigenvalue weighted by Gasteiger charge is 2.52. The number of hydrogen-bond acceptors (Lipinski definition) is 6. The van der Waals surface area contributed by atoms with Crippen LogP contribution in [-0.4, -0.2) is 67.5 Å². The van der Waals surface area contributed by atoms with Crippen LogP contribution < -0.4 is 20.8 Å². The van der Waals surface area contributed by atoms with Gasteiger partial charge in [-0.15, -0.1) is 0 Å². The Morgan fingerprint density at radius 1 is 1.08 bits per heavy atom. The van der Waals surface area contributed by atoms with Crippen molar-refractivity contribution in [3.8, 4) is 11.9 Å². The van der Waals surface area contributed by atoms with Crippen LogP contribution in [0, 0.1) is 11.5 Å². The third kappa shape index (κ3) is 5.79. The zero-order valence-corrected chi connectivity index (χ0v) is 24.0. The lowest BCUT2D eigenvalue weighted by Crippen LogP contribution is -2.55. The Morgan fingerprint density at radius 2 is 1.74 bits per heavy atom. The summed E-state index contributed by atoms with van der Waals surface area (Å²) >= 11 is 0. The molecule has 0 unspecified atom stereocenters. The molecule has 5 rings (SSSR count). The fourth-order valence-electron chi connectivity index (χ4n) is 5.52. The minimum absolute atomic E-state index is 0.0561. The molecule has 39 heavy (non-hydrogen) atoms. The van der Waals surface area contributed by atoms with Crippen LogP contribution in [0.3, 0.4) is 0 Å². The molecule has 2 atom stereocenters. The Bertz CT molecular complexity index is 1230. The number of fused-ring (bicyclic) bond motifs is 1. The first-order valence-electron chi connectivity index (χ1n) is 13.8. The molecule has 1 saturated carbocycles. The monoisotopic (exact) mass is 529 g/mol. The Hall–Kier alpha value is -3.06. The van der Waals surface area contributed by atoms with Crippen molar-refractivity contribution in [3.05, 3.63) is 59.7 Å². The second-order valence-corrected chi connectivity index (χ2v) is 12.3. The molecule has 206 valence electrons. The van der Waals surface area contributed by atoms with Crippen molar-refractivity contribution in [2.24, 2.45) is 4.99 Å². The summed E-state index contributed by atoms with van der Waals surface area (Å²) in [4.78, 5) is 7.15. The second kappa shape index (κ2) is 10.5. The fourth-order valence-corrected chi connectivity index (χ4v) is 5.52. The number of rotatable bonds is 7. The van der Waals surface area contributed by atoms with Gasteiger partial charge in [0.25, 0.3) is 0 Å². The lowest BCUT2D eigenvalue weighted by molar-refractivity contribution is 0.00578. The van der Waals surface area contributed by atoms with Crippen molar-refractivity contribution in [1.82, 2.24) is 15.5 Å². The highest BCUT2D eigenvalue weighted by atomic mass is 16.7. The Morgan fingerprint density at radius 3 is 2.36 bits per heavy atom. The van der Waals surface area contributed by atoms with Crippen LogP contribution in [0.5, 0.6) is 5.75 Å². The zero-order chi connectivity index (χ0) is 27.8. The Balaban J connectivity index is 1.28. The molecule has 1 saturated heterocycles. The van der Waals surface area contributed by atoms with E-state index in [9.17, 15) is 5.26 Å². The summed E-state index contributed by atoms with van der Waals surface area (Å²) in [5.74, 6) is 1.44. The summed E-state index contributed by atoms with van der Waals surface area (Å²) in [6.45, 7) is 8.79. The van der Waals surface area contributed by atoms with E-state index >= 15 is 0 Å². The lowest BCUT2D eigenvalue weighted by Gasteiger charge is -2.34. The van der Waals surface area contributed by atoms with E-state index in [1.54, 1.807) is 0 Å². The number of benzene rings is 2. The van der Waals surface area contributed by atoms with Crippen LogP contribution in [-0.2, 0) is 22.2 Å². The molecule has 2 aliphatic heterocycles. The molecule has 2 fully saturated rings. The molecule has 1 aliphatic carbocycles. The number of hydrogen-bond donors (Lipinski definition) is 2. The summed E-state index contributed by atoms with van der Waals surface area (Å²) in [5.41, 5.74) is 2.53. The standard InChI is InChI=1S/C30H40BN5O3/c1-28(2)29(3,4)39-31(38-28)23-13-11-21(12-14-23)17-26(36(5)6)30(15-16-30)35-27(33-20-32)34-24-18-22-9-7-8-10-25(22)37-19-24/h7-14,24,26H,15-19H2,1-6H3,(H2,33,34,35)/t24-,26+/m1/s1. The molecule has 8 nitrogen and oxygen atoms in total. The molecule has 3 aliphatic rings. The topological polar surface area (TPSA) is 91.1 Å². The molecule has 0 bridgehead atoms. The maximum Gasteiger partial charge on any atom is 0.494 e. The molecule has 2 aromatic carbocycles. The van der Waals surface area contributed by atoms with Gasteiger partial charge in [0.2, 0.25) is 5.96 Å². The van der Waals surface area contributed by atoms with Crippen molar-refractivity contribution < 1.29 is 14.0 Å². The number of aliphatic imine (C=N–C) groups is 1. The van der Waals surface area contributed by atoms with E-state index < -0.39 is 0 Å². The van der Waals surface area contributed by atoms with Gasteiger partial charge in [0, 0.05) is 12.5 Å². The zero-order valence-electron chi connectivity index (χ0n) is 24.0. The van der Waals surface area contributed by atoms with Gasteiger partial charge >= 0.3 is 7.12 Å². The van der Waals surface area contributed by atoms with Gasteiger partial charge in [-0.2, -0.15) is 5.26 Å². The van der Waals surface area contributed by atoms with Gasteiger partial charge < -0.3 is 24.3 Å². The number of ether oxygens (including phenoxy) is 1. The number of likely N-dealkylation sites (N-methyl/N-ethyl adjacent to an activating group) is 1. The van der Waals surface area contributed by atoms with Crippen LogP contribution in [0.15, 0.2) is 53.5 Å². The number of nitrogens with zero attached hydrogens (tertiary/aromatic N) is 3. The van der Waals surface area contributed by atoms with E-state index in [1.807, 2.05) is 18.2 Å². The molecule has 0 radical (unpaired) electrons. The molecule has 2 N–H and O–H groups in total. The van der Waals surface area contributed by atoms with Gasteiger partial charge in [-0.25, -0.2) is 4.99 Å². The quantitative estimate of drug-likeness (QED) is 0.187. The van der Waals surface area contributed by atoms with Crippen molar-refractivity contribution in [2.45, 2.75) is 82.2 Å². The van der Waals surface area contributed by atoms with E-state index in [4.69, 9.17) is 19.0 Å². The highest BCUT2D eigenvalue weighted by molar-refractivity contribution is 6.62. The number of nitriles is 1. The van der Waals surface area contributed by atoms with Gasteiger partial charge in [-0.3, -0.25) is 5.32 Å². The smallest absolute Gasteiger partial charge is 0.491 e. The minimum Gasteiger partial charge on any atom is -0.491 e. The number of para-hydroxylation sites is 1. The van der Waals surface area contributed by atoms with E-state index in [0.29, 0.717) is 12.6 Å². The predicted molar refractivity (Wildman–Crippen MR) is 154 cm³/mol. The van der Waals surface area contributed by atoms with Gasteiger partial charge in [0.15, 0.2) is 6.19 Å². The van der Waals surface area contributed by atoms with E-state index in [1.165, 1.54) is 5.56 Å². The number of nitrogens with one attached hydrogen (secondary N) is 2. The summed E-state index contributed by atoms with van der Waals surface area (Å²) in [7, 11) is 3.87. The summed E-state index contributed by atoms with van der Waals surface area (Å²) < 4.78 is 18.4. The normalized spacial score (nSPS) is 23.4. The summed E-state index contributed by atoms with van der Waals surface area (Å²) in [6, 6.07) is 16.8. The van der Waals surface area contributed by atoms with Crippen LogP contribution in [0.25, 0.3) is 0 Å². The molecular weight excluding hydrogens is 489 g/mol. The Labute approximate surface area is 232 Å². The van der Waals surface area contributed by atoms with Gasteiger partial charge in [0.1, 0.15) is 12.4 Å². The molecule has 0 spiro atoms.